The van der Waals surface area contributed by atoms with E-state index in [4.69, 9.17) is 8.83 Å². The maximum absolute atomic E-state index is 11.6. The number of carbonyl (C=O) groups excluding carboxylic acids is 1. The quantitative estimate of drug-likeness (QED) is 0.440. The highest BCUT2D eigenvalue weighted by Crippen LogP contribution is 2.25. The smallest absolute Gasteiger partial charge is 0.307 e. The second kappa shape index (κ2) is 6.61. The van der Waals surface area contributed by atoms with E-state index in [0.29, 0.717) is 17.1 Å². The van der Waals surface area contributed by atoms with Crippen LogP contribution in [0.15, 0.2) is 68.7 Å². The predicted octanol–water partition coefficient (Wildman–Crippen LogP) is 3.21. The first-order chi connectivity index (χ1) is 11.6. The molecule has 0 spiro atoms. The summed E-state index contributed by atoms with van der Waals surface area (Å²) in [7, 11) is 0. The molecule has 2 aromatic heterocycles. The zero-order valence-corrected chi connectivity index (χ0v) is 12.2. The molecule has 0 fully saturated rings. The Labute approximate surface area is 135 Å². The SMILES string of the molecule is O=C(N/N=C\c1ccc(-c2cccc([N+](=O)[O-])c2)o1)c1ccco1. The van der Waals surface area contributed by atoms with Crippen molar-refractivity contribution in [2.45, 2.75) is 0 Å². The number of furan rings is 2. The number of rotatable bonds is 5. The summed E-state index contributed by atoms with van der Waals surface area (Å²) in [5.74, 6) is 0.499. The van der Waals surface area contributed by atoms with Crippen LogP contribution in [0.3, 0.4) is 0 Å². The predicted molar refractivity (Wildman–Crippen MR) is 84.6 cm³/mol. The molecule has 0 aliphatic heterocycles. The van der Waals surface area contributed by atoms with E-state index in [0.717, 1.165) is 0 Å². The summed E-state index contributed by atoms with van der Waals surface area (Å²) in [6.45, 7) is 0. The Morgan fingerprint density at radius 2 is 2.08 bits per heavy atom. The van der Waals surface area contributed by atoms with Gasteiger partial charge in [-0.15, -0.1) is 0 Å². The molecule has 1 N–H and O–H groups in total. The van der Waals surface area contributed by atoms with Gasteiger partial charge in [-0.2, -0.15) is 5.10 Å². The fourth-order valence-corrected chi connectivity index (χ4v) is 1.97. The molecular weight excluding hydrogens is 314 g/mol. The monoisotopic (exact) mass is 325 g/mol. The average molecular weight is 325 g/mol. The van der Waals surface area contributed by atoms with Crippen LogP contribution in [-0.4, -0.2) is 17.0 Å². The maximum atomic E-state index is 11.6. The maximum Gasteiger partial charge on any atom is 0.307 e. The van der Waals surface area contributed by atoms with Crippen molar-refractivity contribution < 1.29 is 18.6 Å². The third-order valence-corrected chi connectivity index (χ3v) is 3.07. The molecule has 0 radical (unpaired) electrons. The van der Waals surface area contributed by atoms with Gasteiger partial charge in [0.25, 0.3) is 5.69 Å². The summed E-state index contributed by atoms with van der Waals surface area (Å²) in [5.41, 5.74) is 2.84. The summed E-state index contributed by atoms with van der Waals surface area (Å²) in [5, 5.41) is 14.6. The van der Waals surface area contributed by atoms with Crippen molar-refractivity contribution >= 4 is 17.8 Å². The van der Waals surface area contributed by atoms with Crippen molar-refractivity contribution in [3.8, 4) is 11.3 Å². The van der Waals surface area contributed by atoms with Gasteiger partial charge in [0.15, 0.2) is 5.76 Å². The average Bonchev–Trinajstić information content (AvgIpc) is 3.27. The van der Waals surface area contributed by atoms with Crippen molar-refractivity contribution in [3.63, 3.8) is 0 Å². The Morgan fingerprint density at radius 1 is 1.21 bits per heavy atom. The van der Waals surface area contributed by atoms with Crippen LogP contribution in [0.1, 0.15) is 16.3 Å². The molecule has 0 saturated heterocycles. The Morgan fingerprint density at radius 3 is 2.83 bits per heavy atom. The highest BCUT2D eigenvalue weighted by Gasteiger charge is 2.10. The number of non-ortho nitro benzene ring substituents is 1. The lowest BCUT2D eigenvalue weighted by Crippen LogP contribution is -2.16. The molecule has 120 valence electrons. The minimum Gasteiger partial charge on any atom is -0.459 e. The zero-order chi connectivity index (χ0) is 16.9. The first kappa shape index (κ1) is 15.2. The van der Waals surface area contributed by atoms with Crippen molar-refractivity contribution in [3.05, 3.63) is 76.4 Å². The number of hydrogen-bond acceptors (Lipinski definition) is 6. The topological polar surface area (TPSA) is 111 Å². The number of hydrazone groups is 1. The Hall–Kier alpha value is -3.68. The number of nitro groups is 1. The lowest BCUT2D eigenvalue weighted by molar-refractivity contribution is -0.384. The van der Waals surface area contributed by atoms with Crippen LogP contribution < -0.4 is 5.43 Å². The second-order valence-corrected chi connectivity index (χ2v) is 4.69. The second-order valence-electron chi connectivity index (χ2n) is 4.69. The standard InChI is InChI=1S/C16H11N3O5/c20-16(15-5-2-8-23-15)18-17-10-13-6-7-14(24-13)11-3-1-4-12(9-11)19(21)22/h1-10H,(H,18,20)/b17-10-. The number of amides is 1. The first-order valence-electron chi connectivity index (χ1n) is 6.85. The third kappa shape index (κ3) is 3.38. The highest BCUT2D eigenvalue weighted by molar-refractivity contribution is 5.92. The Balaban J connectivity index is 1.69. The molecule has 3 rings (SSSR count). The molecular formula is C16H11N3O5. The number of nitro benzene ring substituents is 1. The van der Waals surface area contributed by atoms with Crippen molar-refractivity contribution in [1.29, 1.82) is 0 Å². The van der Waals surface area contributed by atoms with E-state index in [9.17, 15) is 14.9 Å². The Bertz CT molecular complexity index is 896. The van der Waals surface area contributed by atoms with Crippen LogP contribution in [0, 0.1) is 10.1 Å². The fourth-order valence-electron chi connectivity index (χ4n) is 1.97. The van der Waals surface area contributed by atoms with E-state index in [1.807, 2.05) is 0 Å². The number of carbonyl (C=O) groups is 1. The van der Waals surface area contributed by atoms with Gasteiger partial charge in [0.05, 0.1) is 17.4 Å². The van der Waals surface area contributed by atoms with Crippen LogP contribution in [0.25, 0.3) is 11.3 Å². The van der Waals surface area contributed by atoms with E-state index in [-0.39, 0.29) is 11.4 Å². The lowest BCUT2D eigenvalue weighted by Gasteiger charge is -1.97. The van der Waals surface area contributed by atoms with E-state index in [1.165, 1.54) is 30.7 Å². The number of benzene rings is 1. The van der Waals surface area contributed by atoms with Gasteiger partial charge in [-0.25, -0.2) is 5.43 Å². The van der Waals surface area contributed by atoms with Gasteiger partial charge in [-0.3, -0.25) is 14.9 Å². The summed E-state index contributed by atoms with van der Waals surface area (Å²) in [4.78, 5) is 21.9. The van der Waals surface area contributed by atoms with Crippen molar-refractivity contribution in [2.75, 3.05) is 0 Å². The van der Waals surface area contributed by atoms with Crippen LogP contribution in [0.2, 0.25) is 0 Å². The van der Waals surface area contributed by atoms with Gasteiger partial charge in [-0.05, 0) is 24.3 Å². The molecule has 0 aliphatic rings. The third-order valence-electron chi connectivity index (χ3n) is 3.07. The van der Waals surface area contributed by atoms with E-state index >= 15 is 0 Å². The minimum absolute atomic E-state index is 0.0233. The van der Waals surface area contributed by atoms with Gasteiger partial charge in [0.2, 0.25) is 0 Å². The van der Waals surface area contributed by atoms with E-state index in [2.05, 4.69) is 10.5 Å². The zero-order valence-electron chi connectivity index (χ0n) is 12.2. The summed E-state index contributed by atoms with van der Waals surface area (Å²) >= 11 is 0. The van der Waals surface area contributed by atoms with E-state index in [1.54, 1.807) is 30.3 Å². The summed E-state index contributed by atoms with van der Waals surface area (Å²) < 4.78 is 10.5. The molecule has 0 bridgehead atoms. The van der Waals surface area contributed by atoms with Gasteiger partial charge in [0.1, 0.15) is 11.5 Å². The molecule has 8 nitrogen and oxygen atoms in total. The molecule has 0 atom stereocenters. The summed E-state index contributed by atoms with van der Waals surface area (Å²) in [6.07, 6.45) is 2.71. The molecule has 0 aliphatic carbocycles. The number of nitrogens with zero attached hydrogens (tertiary/aromatic N) is 2. The van der Waals surface area contributed by atoms with Crippen molar-refractivity contribution in [2.24, 2.45) is 5.10 Å². The molecule has 24 heavy (non-hydrogen) atoms. The number of hydrogen-bond donors (Lipinski definition) is 1. The fraction of sp³-hybridized carbons (Fsp3) is 0. The van der Waals surface area contributed by atoms with E-state index < -0.39 is 10.8 Å². The van der Waals surface area contributed by atoms with Gasteiger partial charge < -0.3 is 8.83 Å². The molecule has 3 aromatic rings. The largest absolute Gasteiger partial charge is 0.459 e. The molecule has 2 heterocycles. The summed E-state index contributed by atoms with van der Waals surface area (Å²) in [6, 6.07) is 12.5. The first-order valence-corrected chi connectivity index (χ1v) is 6.85. The van der Waals surface area contributed by atoms with Crippen molar-refractivity contribution in [1.82, 2.24) is 5.43 Å². The number of nitrogens with one attached hydrogen (secondary N) is 1. The Kier molecular flexibility index (Phi) is 4.19. The van der Waals surface area contributed by atoms with Gasteiger partial charge in [0, 0.05) is 17.7 Å². The minimum atomic E-state index is -0.485. The normalized spacial score (nSPS) is 10.8. The van der Waals surface area contributed by atoms with Crippen LogP contribution >= 0.6 is 0 Å². The molecule has 1 amide bonds. The van der Waals surface area contributed by atoms with Crippen LogP contribution in [0.4, 0.5) is 5.69 Å². The van der Waals surface area contributed by atoms with Crippen LogP contribution in [-0.2, 0) is 0 Å². The lowest BCUT2D eigenvalue weighted by atomic mass is 10.1. The molecule has 0 saturated carbocycles. The van der Waals surface area contributed by atoms with Crippen LogP contribution in [0.5, 0.6) is 0 Å². The molecule has 1 aromatic carbocycles. The molecule has 0 unspecified atom stereocenters. The van der Waals surface area contributed by atoms with Gasteiger partial charge >= 0.3 is 5.91 Å². The molecule has 8 heteroatoms. The van der Waals surface area contributed by atoms with Gasteiger partial charge in [-0.1, -0.05) is 12.1 Å². The highest BCUT2D eigenvalue weighted by atomic mass is 16.6.